The minimum absolute atomic E-state index is 0.183. The average Bonchev–Trinajstić information content (AvgIpc) is 4.11. The molecule has 1 amide bonds. The maximum Gasteiger partial charge on any atom is 0.516 e. The lowest BCUT2D eigenvalue weighted by molar-refractivity contribution is 0.0292. The van der Waals surface area contributed by atoms with E-state index in [-0.39, 0.29) is 13.6 Å². The number of carbonyl (C=O) groups is 2. The molecule has 18 heteroatoms. The Morgan fingerprint density at radius 3 is 1.51 bits per heavy atom. The number of benzene rings is 5. The molecule has 0 radical (unpaired) electrons. The molecule has 9 aromatic rings. The molecule has 0 bridgehead atoms. The van der Waals surface area contributed by atoms with Crippen LogP contribution in [0.5, 0.6) is 29.0 Å². The van der Waals surface area contributed by atoms with Gasteiger partial charge in [0.05, 0.1) is 24.2 Å². The van der Waals surface area contributed by atoms with Crippen molar-refractivity contribution in [3.8, 4) is 29.0 Å². The Morgan fingerprint density at radius 2 is 0.977 bits per heavy atom. The minimum atomic E-state index is -0.841. The van der Waals surface area contributed by atoms with Crippen LogP contribution in [0.2, 0.25) is 0 Å². The third kappa shape index (κ3) is 19.3. The number of ether oxygens (including phenoxy) is 7. The molecule has 88 heavy (non-hydrogen) atoms. The van der Waals surface area contributed by atoms with E-state index in [9.17, 15) is 9.59 Å². The van der Waals surface area contributed by atoms with E-state index >= 15 is 0 Å². The zero-order valence-corrected chi connectivity index (χ0v) is 52.3. The molecule has 464 valence electrons. The van der Waals surface area contributed by atoms with Crippen molar-refractivity contribution in [2.75, 3.05) is 109 Å². The fraction of sp³-hybridized carbons (Fsp3) is 0.400. The number of pyridine rings is 2. The van der Waals surface area contributed by atoms with Crippen LogP contribution in [-0.4, -0.2) is 131 Å². The molecule has 2 aliphatic heterocycles. The van der Waals surface area contributed by atoms with Crippen molar-refractivity contribution in [3.63, 3.8) is 0 Å². The van der Waals surface area contributed by atoms with Gasteiger partial charge < -0.3 is 48.3 Å². The lowest BCUT2D eigenvalue weighted by Crippen LogP contribution is -2.46. The van der Waals surface area contributed by atoms with Gasteiger partial charge in [-0.05, 0) is 141 Å². The summed E-state index contributed by atoms with van der Waals surface area (Å²) in [6.07, 6.45) is 12.7. The number of hydrogen-bond acceptors (Lipinski definition) is 17. The van der Waals surface area contributed by atoms with Crippen LogP contribution in [0.25, 0.3) is 42.0 Å². The molecular weight excluding hydrogens is 1150 g/mol. The van der Waals surface area contributed by atoms with E-state index in [4.69, 9.17) is 33.2 Å². The molecule has 5 aromatic carbocycles. The number of piperazine rings is 2. The van der Waals surface area contributed by atoms with E-state index in [1.54, 1.807) is 36.4 Å². The maximum atomic E-state index is 12.0. The zero-order chi connectivity index (χ0) is 60.4. The van der Waals surface area contributed by atoms with Crippen LogP contribution in [-0.2, 0) is 9.47 Å². The highest BCUT2D eigenvalue weighted by Gasteiger charge is 2.21. The van der Waals surface area contributed by atoms with E-state index < -0.39 is 12.2 Å². The summed E-state index contributed by atoms with van der Waals surface area (Å²) in [5, 5.41) is 11.9. The number of aromatic nitrogens is 2. The number of hydrogen-bond donors (Lipinski definition) is 1. The Labute approximate surface area is 525 Å². The lowest BCUT2D eigenvalue weighted by atomic mass is 10.1. The molecule has 16 nitrogen and oxygen atoms in total. The van der Waals surface area contributed by atoms with Gasteiger partial charge in [0.15, 0.2) is 0 Å². The first-order valence-corrected chi connectivity index (χ1v) is 33.2. The summed E-state index contributed by atoms with van der Waals surface area (Å²) >= 11 is 3.62. The number of nitrogens with zero attached hydrogens (tertiary/aromatic N) is 6. The molecule has 0 aliphatic carbocycles. The van der Waals surface area contributed by atoms with E-state index in [2.05, 4.69) is 101 Å². The molecule has 2 fully saturated rings. The number of carbonyl (C=O) groups excluding carboxylic acids is 2. The van der Waals surface area contributed by atoms with E-state index in [0.29, 0.717) is 37.3 Å². The van der Waals surface area contributed by atoms with Crippen molar-refractivity contribution in [2.45, 2.75) is 84.0 Å². The molecule has 1 N–H and O–H groups in total. The number of anilines is 2. The SMILES string of the molecule is CCCCCCCCCCNC(=O)OCOc1ccc2ccc(OCCCCN3CCN(c4cccc5sccc45)CC3)cc2n1.O=C(OCOc1ccc2ccc(OCCCCN3CCN(c4cccc5sccc45)CC3)cc2n1)Oc1ccccc1. The molecule has 0 atom stereocenters. The molecule has 0 spiro atoms. The number of unbranched alkanes of at least 4 members (excludes halogenated alkanes) is 9. The van der Waals surface area contributed by atoms with Crippen LogP contribution >= 0.6 is 22.7 Å². The van der Waals surface area contributed by atoms with Gasteiger partial charge in [0, 0.05) is 125 Å². The third-order valence-corrected chi connectivity index (χ3v) is 17.7. The first-order chi connectivity index (χ1) is 43.4. The number of alkyl carbamates (subject to hydrolysis) is 1. The molecule has 2 saturated heterocycles. The predicted molar refractivity (Wildman–Crippen MR) is 356 cm³/mol. The maximum absolute atomic E-state index is 12.0. The van der Waals surface area contributed by atoms with Gasteiger partial charge in [-0.25, -0.2) is 19.6 Å². The number of rotatable bonds is 30. The summed E-state index contributed by atoms with van der Waals surface area (Å²) in [6, 6.07) is 45.6. The number of fused-ring (bicyclic) bond motifs is 4. The smallest absolute Gasteiger partial charge is 0.494 e. The quantitative estimate of drug-likeness (QED) is 0.0197. The van der Waals surface area contributed by atoms with Crippen LogP contribution < -0.4 is 38.8 Å². The van der Waals surface area contributed by atoms with Crippen molar-refractivity contribution in [1.82, 2.24) is 25.1 Å². The van der Waals surface area contributed by atoms with E-state index in [0.717, 1.165) is 137 Å². The molecule has 2 aliphatic rings. The second-order valence-electron chi connectivity index (χ2n) is 22.2. The fourth-order valence-electron chi connectivity index (χ4n) is 11.1. The van der Waals surface area contributed by atoms with E-state index in [1.807, 2.05) is 77.3 Å². The Bertz CT molecular complexity index is 3570. The van der Waals surface area contributed by atoms with Crippen molar-refractivity contribution in [2.24, 2.45) is 0 Å². The Hall–Kier alpha value is -7.90. The van der Waals surface area contributed by atoms with Crippen LogP contribution in [0.4, 0.5) is 21.0 Å². The van der Waals surface area contributed by atoms with Gasteiger partial charge in [0.25, 0.3) is 0 Å². The molecule has 11 rings (SSSR count). The fourth-order valence-corrected chi connectivity index (χ4v) is 12.7. The van der Waals surface area contributed by atoms with Crippen LogP contribution in [0.3, 0.4) is 0 Å². The first kappa shape index (κ1) is 63.1. The largest absolute Gasteiger partial charge is 0.516 e. The van der Waals surface area contributed by atoms with Gasteiger partial charge in [0.1, 0.15) is 17.2 Å². The topological polar surface area (TPSA) is 150 Å². The third-order valence-electron chi connectivity index (χ3n) is 15.9. The Balaban J connectivity index is 0.000000195. The summed E-state index contributed by atoms with van der Waals surface area (Å²) in [4.78, 5) is 43.1. The number of thiophene rings is 2. The van der Waals surface area contributed by atoms with Gasteiger partial charge >= 0.3 is 12.2 Å². The average molecular weight is 1230 g/mol. The highest BCUT2D eigenvalue weighted by atomic mass is 32.1. The normalized spacial score (nSPS) is 13.7. The second kappa shape index (κ2) is 34.0. The van der Waals surface area contributed by atoms with Crippen molar-refractivity contribution >= 4 is 88.3 Å². The van der Waals surface area contributed by atoms with Gasteiger partial charge in [-0.15, -0.1) is 22.7 Å². The van der Waals surface area contributed by atoms with Gasteiger partial charge in [-0.2, -0.15) is 0 Å². The van der Waals surface area contributed by atoms with Gasteiger partial charge in [-0.3, -0.25) is 9.80 Å². The Morgan fingerprint density at radius 1 is 0.477 bits per heavy atom. The van der Waals surface area contributed by atoms with E-state index in [1.165, 1.54) is 70.1 Å². The van der Waals surface area contributed by atoms with Crippen molar-refractivity contribution in [1.29, 1.82) is 0 Å². The van der Waals surface area contributed by atoms with Crippen LogP contribution in [0.1, 0.15) is 84.0 Å². The molecule has 6 heterocycles. The number of para-hydroxylation sites is 1. The highest BCUT2D eigenvalue weighted by molar-refractivity contribution is 7.17. The first-order valence-electron chi connectivity index (χ1n) is 31.4. The monoisotopic (exact) mass is 1230 g/mol. The van der Waals surface area contributed by atoms with Gasteiger partial charge in [0.2, 0.25) is 25.3 Å². The summed E-state index contributed by atoms with van der Waals surface area (Å²) in [5.41, 5.74) is 4.26. The molecular formula is C70H83N7O9S2. The zero-order valence-electron chi connectivity index (χ0n) is 50.7. The molecule has 4 aromatic heterocycles. The number of amides is 1. The highest BCUT2D eigenvalue weighted by Crippen LogP contribution is 2.33. The second-order valence-corrected chi connectivity index (χ2v) is 24.1. The van der Waals surface area contributed by atoms with Crippen molar-refractivity contribution < 1.29 is 42.7 Å². The summed E-state index contributed by atoms with van der Waals surface area (Å²) in [7, 11) is 0. The lowest BCUT2D eigenvalue weighted by Gasteiger charge is -2.36. The minimum Gasteiger partial charge on any atom is -0.494 e. The van der Waals surface area contributed by atoms with Crippen LogP contribution in [0.15, 0.2) is 150 Å². The number of nitrogens with one attached hydrogen (secondary N) is 1. The summed E-state index contributed by atoms with van der Waals surface area (Å²) < 4.78 is 41.1. The van der Waals surface area contributed by atoms with Crippen LogP contribution in [0, 0.1) is 0 Å². The summed E-state index contributed by atoms with van der Waals surface area (Å²) in [6.45, 7) is 14.5. The molecule has 0 saturated carbocycles. The standard InChI is InChI=1S/C37H50N4O4S.C33H33N3O5S/c1-2-3-4-5-6-7-8-9-20-38-37(42)45-29-44-36-18-16-30-15-17-31(28-33(30)39-36)43-26-11-10-21-40-22-24-41(25-23-40)34-13-12-14-35-32(34)19-27-46-35;37-33(41-26-7-2-1-3-8-26)40-24-39-32-14-12-25-11-13-27(23-29(25)34-32)38-21-5-4-16-35-17-19-36(20-18-35)30-9-6-10-31-28(30)15-22-42-31/h12-19,27-28H,2-11,20-26,29H2,1H3,(H,38,42);1-3,6-15,22-23H,4-5,16-21,24H2. The van der Waals surface area contributed by atoms with Gasteiger partial charge in [-0.1, -0.05) is 82.2 Å². The van der Waals surface area contributed by atoms with Crippen molar-refractivity contribution in [3.05, 3.63) is 150 Å². The molecule has 0 unspecified atom stereocenters. The predicted octanol–water partition coefficient (Wildman–Crippen LogP) is 15.6. The Kier molecular flexibility index (Phi) is 24.4. The summed E-state index contributed by atoms with van der Waals surface area (Å²) in [5.74, 6) is 2.73.